The lowest BCUT2D eigenvalue weighted by atomic mass is 10.2. The van der Waals surface area contributed by atoms with Crippen molar-refractivity contribution in [3.8, 4) is 11.3 Å². The van der Waals surface area contributed by atoms with Crippen LogP contribution >= 0.6 is 0 Å². The second-order valence-electron chi connectivity index (χ2n) is 6.10. The van der Waals surface area contributed by atoms with Crippen molar-refractivity contribution in [2.75, 3.05) is 0 Å². The zero-order chi connectivity index (χ0) is 18.6. The number of nitrogens with zero attached hydrogens (tertiary/aromatic N) is 2. The lowest BCUT2D eigenvalue weighted by Gasteiger charge is -2.01. The third-order valence-electron chi connectivity index (χ3n) is 4.14. The summed E-state index contributed by atoms with van der Waals surface area (Å²) < 4.78 is 18.6. The Labute approximate surface area is 154 Å². The van der Waals surface area contributed by atoms with Gasteiger partial charge in [-0.1, -0.05) is 12.1 Å². The molecule has 2 aromatic heterocycles. The highest BCUT2D eigenvalue weighted by Gasteiger charge is 2.10. The normalized spacial score (nSPS) is 11.0. The molecular weight excluding hydrogens is 347 g/mol. The van der Waals surface area contributed by atoms with Gasteiger partial charge < -0.3 is 14.7 Å². The monoisotopic (exact) mass is 364 g/mol. The van der Waals surface area contributed by atoms with Gasteiger partial charge in [0, 0.05) is 18.4 Å². The number of imidazole rings is 1. The van der Waals surface area contributed by atoms with E-state index in [0.29, 0.717) is 30.4 Å². The zero-order valence-corrected chi connectivity index (χ0v) is 14.4. The molecule has 2 heterocycles. The Balaban J connectivity index is 1.29. The van der Waals surface area contributed by atoms with Crippen LogP contribution in [0.2, 0.25) is 0 Å². The smallest absolute Gasteiger partial charge is 0.220 e. The molecule has 4 rings (SSSR count). The number of halogens is 1. The Morgan fingerprint density at radius 3 is 2.78 bits per heavy atom. The third kappa shape index (κ3) is 4.03. The average Bonchev–Trinajstić information content (AvgIpc) is 3.32. The van der Waals surface area contributed by atoms with Crippen molar-refractivity contribution in [1.82, 2.24) is 20.3 Å². The fourth-order valence-corrected chi connectivity index (χ4v) is 2.75. The van der Waals surface area contributed by atoms with Gasteiger partial charge in [0.1, 0.15) is 11.6 Å². The van der Waals surface area contributed by atoms with Crippen LogP contribution in [0.25, 0.3) is 22.4 Å². The highest BCUT2D eigenvalue weighted by atomic mass is 19.1. The first kappa shape index (κ1) is 17.0. The minimum atomic E-state index is -0.306. The van der Waals surface area contributed by atoms with Gasteiger partial charge in [0.2, 0.25) is 5.91 Å². The Morgan fingerprint density at radius 2 is 1.96 bits per heavy atom. The molecule has 0 atom stereocenters. The lowest BCUT2D eigenvalue weighted by molar-refractivity contribution is -0.121. The molecule has 4 aromatic rings. The Morgan fingerprint density at radius 1 is 1.15 bits per heavy atom. The summed E-state index contributed by atoms with van der Waals surface area (Å²) in [5.41, 5.74) is 2.55. The molecule has 27 heavy (non-hydrogen) atoms. The number of aromatic amines is 1. The van der Waals surface area contributed by atoms with Gasteiger partial charge in [-0.3, -0.25) is 4.79 Å². The summed E-state index contributed by atoms with van der Waals surface area (Å²) in [5.74, 6) is 1.30. The molecule has 136 valence electrons. The summed E-state index contributed by atoms with van der Waals surface area (Å²) in [4.78, 5) is 23.8. The highest BCUT2D eigenvalue weighted by Crippen LogP contribution is 2.21. The largest absolute Gasteiger partial charge is 0.441 e. The number of aromatic nitrogens is 3. The van der Waals surface area contributed by atoms with E-state index in [4.69, 9.17) is 4.42 Å². The van der Waals surface area contributed by atoms with Crippen LogP contribution in [-0.4, -0.2) is 20.9 Å². The summed E-state index contributed by atoms with van der Waals surface area (Å²) in [5, 5.41) is 2.83. The van der Waals surface area contributed by atoms with Gasteiger partial charge in [0.25, 0.3) is 0 Å². The summed E-state index contributed by atoms with van der Waals surface area (Å²) in [7, 11) is 0. The topological polar surface area (TPSA) is 83.8 Å². The predicted molar refractivity (Wildman–Crippen MR) is 98.2 cm³/mol. The maximum Gasteiger partial charge on any atom is 0.220 e. The first-order valence-corrected chi connectivity index (χ1v) is 8.58. The van der Waals surface area contributed by atoms with E-state index in [1.807, 2.05) is 24.3 Å². The average molecular weight is 364 g/mol. The predicted octanol–water partition coefficient (Wildman–Crippen LogP) is 3.61. The van der Waals surface area contributed by atoms with Crippen LogP contribution in [0.4, 0.5) is 4.39 Å². The maximum atomic E-state index is 13.0. The van der Waals surface area contributed by atoms with E-state index in [1.54, 1.807) is 18.3 Å². The summed E-state index contributed by atoms with van der Waals surface area (Å²) in [6, 6.07) is 13.7. The van der Waals surface area contributed by atoms with Gasteiger partial charge in [-0.05, 0) is 36.4 Å². The second kappa shape index (κ2) is 7.41. The number of fused-ring (bicyclic) bond motifs is 1. The third-order valence-corrected chi connectivity index (χ3v) is 4.14. The van der Waals surface area contributed by atoms with Crippen molar-refractivity contribution in [1.29, 1.82) is 0 Å². The number of oxazole rings is 1. The molecule has 0 unspecified atom stereocenters. The van der Waals surface area contributed by atoms with Gasteiger partial charge >= 0.3 is 0 Å². The van der Waals surface area contributed by atoms with Crippen molar-refractivity contribution in [3.05, 3.63) is 72.3 Å². The molecule has 0 aliphatic rings. The van der Waals surface area contributed by atoms with Crippen LogP contribution < -0.4 is 5.32 Å². The van der Waals surface area contributed by atoms with E-state index in [1.165, 1.54) is 12.1 Å². The van der Waals surface area contributed by atoms with Gasteiger partial charge in [0.05, 0.1) is 23.8 Å². The van der Waals surface area contributed by atoms with E-state index >= 15 is 0 Å². The van der Waals surface area contributed by atoms with E-state index in [2.05, 4.69) is 20.3 Å². The fourth-order valence-electron chi connectivity index (χ4n) is 2.75. The second-order valence-corrected chi connectivity index (χ2v) is 6.10. The number of para-hydroxylation sites is 2. The van der Waals surface area contributed by atoms with Crippen molar-refractivity contribution in [2.45, 2.75) is 19.4 Å². The summed E-state index contributed by atoms with van der Waals surface area (Å²) in [6.45, 7) is 0.333. The minimum absolute atomic E-state index is 0.114. The number of carbonyl (C=O) groups excluding carboxylic acids is 1. The molecule has 0 aliphatic heterocycles. The fraction of sp³-hybridized carbons (Fsp3) is 0.150. The number of carbonyl (C=O) groups is 1. The molecule has 1 amide bonds. The molecule has 0 radical (unpaired) electrons. The number of amides is 1. The Hall–Kier alpha value is -3.48. The van der Waals surface area contributed by atoms with Gasteiger partial charge in [-0.15, -0.1) is 0 Å². The molecule has 0 bridgehead atoms. The zero-order valence-electron chi connectivity index (χ0n) is 14.4. The van der Waals surface area contributed by atoms with Crippen LogP contribution in [-0.2, 0) is 17.8 Å². The lowest BCUT2D eigenvalue weighted by Crippen LogP contribution is -2.23. The molecule has 0 spiro atoms. The standard InChI is InChI=1S/C20H17FN4O2/c21-14-7-5-13(6-8-14)17-11-23-20(27-17)10-9-19(26)22-12-18-24-15-3-1-2-4-16(15)25-18/h1-8,11H,9-10,12H2,(H,22,26)(H,24,25). The van der Waals surface area contributed by atoms with Crippen LogP contribution in [0.1, 0.15) is 18.1 Å². The molecule has 6 nitrogen and oxygen atoms in total. The maximum absolute atomic E-state index is 13.0. The summed E-state index contributed by atoms with van der Waals surface area (Å²) in [6.07, 6.45) is 2.21. The number of nitrogens with one attached hydrogen (secondary N) is 2. The number of hydrogen-bond donors (Lipinski definition) is 2. The van der Waals surface area contributed by atoms with Gasteiger partial charge in [-0.2, -0.15) is 0 Å². The van der Waals surface area contributed by atoms with Crippen molar-refractivity contribution >= 4 is 16.9 Å². The number of hydrogen-bond acceptors (Lipinski definition) is 4. The molecule has 0 aliphatic carbocycles. The number of aryl methyl sites for hydroxylation is 1. The van der Waals surface area contributed by atoms with Crippen molar-refractivity contribution in [2.24, 2.45) is 0 Å². The Bertz CT molecular complexity index is 1040. The van der Waals surface area contributed by atoms with Crippen molar-refractivity contribution < 1.29 is 13.6 Å². The van der Waals surface area contributed by atoms with E-state index < -0.39 is 0 Å². The number of benzene rings is 2. The van der Waals surface area contributed by atoms with Gasteiger partial charge in [-0.25, -0.2) is 14.4 Å². The molecule has 7 heteroatoms. The van der Waals surface area contributed by atoms with Gasteiger partial charge in [0.15, 0.2) is 11.7 Å². The van der Waals surface area contributed by atoms with E-state index in [-0.39, 0.29) is 18.1 Å². The molecular formula is C20H17FN4O2. The SMILES string of the molecule is O=C(CCc1ncc(-c2ccc(F)cc2)o1)NCc1nc2ccccc2[nH]1. The number of H-pyrrole nitrogens is 1. The van der Waals surface area contributed by atoms with Crippen LogP contribution in [0.3, 0.4) is 0 Å². The molecule has 0 saturated carbocycles. The molecule has 0 fully saturated rings. The minimum Gasteiger partial charge on any atom is -0.441 e. The van der Waals surface area contributed by atoms with E-state index in [9.17, 15) is 9.18 Å². The Kier molecular flexibility index (Phi) is 4.65. The van der Waals surface area contributed by atoms with Crippen LogP contribution in [0, 0.1) is 5.82 Å². The van der Waals surface area contributed by atoms with Crippen LogP contribution in [0.15, 0.2) is 59.1 Å². The molecule has 2 N–H and O–H groups in total. The molecule has 2 aromatic carbocycles. The first-order valence-electron chi connectivity index (χ1n) is 8.58. The quantitative estimate of drug-likeness (QED) is 0.547. The summed E-state index contributed by atoms with van der Waals surface area (Å²) >= 11 is 0. The van der Waals surface area contributed by atoms with Crippen LogP contribution in [0.5, 0.6) is 0 Å². The van der Waals surface area contributed by atoms with E-state index in [0.717, 1.165) is 16.6 Å². The van der Waals surface area contributed by atoms with Crippen molar-refractivity contribution in [3.63, 3.8) is 0 Å². The highest BCUT2D eigenvalue weighted by molar-refractivity contribution is 5.77. The first-order chi connectivity index (χ1) is 13.2. The molecule has 0 saturated heterocycles. The number of rotatable bonds is 6.